The zero-order chi connectivity index (χ0) is 19.9. The number of aromatic nitrogens is 3. The van der Waals surface area contributed by atoms with E-state index in [1.54, 1.807) is 6.07 Å². The van der Waals surface area contributed by atoms with E-state index >= 15 is 0 Å². The van der Waals surface area contributed by atoms with Crippen molar-refractivity contribution in [1.82, 2.24) is 15.0 Å². The molecule has 3 N–H and O–H groups in total. The fraction of sp³-hybridized carbons (Fsp3) is 0.0588. The molecule has 11 heteroatoms. The topological polar surface area (TPSA) is 130 Å². The summed E-state index contributed by atoms with van der Waals surface area (Å²) in [7, 11) is -4.13. The lowest BCUT2D eigenvalue weighted by molar-refractivity contribution is 0.331. The van der Waals surface area contributed by atoms with Crippen molar-refractivity contribution >= 4 is 26.9 Å². The molecule has 144 valence electrons. The minimum Gasteiger partial charge on any atom is -0.455 e. The zero-order valence-electron chi connectivity index (χ0n) is 14.3. The maximum atomic E-state index is 13.6. The van der Waals surface area contributed by atoms with Gasteiger partial charge >= 0.3 is 5.69 Å². The molecule has 0 aliphatic carbocycles. The first-order valence-electron chi connectivity index (χ1n) is 7.95. The van der Waals surface area contributed by atoms with Gasteiger partial charge in [-0.25, -0.2) is 18.2 Å². The highest BCUT2D eigenvalue weighted by molar-refractivity contribution is 7.92. The SMILES string of the molecule is Cc1cc(S(=O)(=O)Nc2ccc(Oc3ccnc4[nH]c(=O)[nH]c34)cc2)c(F)o1. The number of aromatic amines is 2. The van der Waals surface area contributed by atoms with Crippen LogP contribution in [0.1, 0.15) is 5.76 Å². The quantitative estimate of drug-likeness (QED) is 0.469. The number of hydrogen-bond donors (Lipinski definition) is 3. The molecule has 3 heterocycles. The second-order valence-electron chi connectivity index (χ2n) is 5.84. The fourth-order valence-corrected chi connectivity index (χ4v) is 3.70. The Bertz CT molecular complexity index is 1320. The lowest BCUT2D eigenvalue weighted by atomic mass is 10.3. The lowest BCUT2D eigenvalue weighted by Gasteiger charge is -2.09. The predicted molar refractivity (Wildman–Crippen MR) is 97.4 cm³/mol. The van der Waals surface area contributed by atoms with Crippen molar-refractivity contribution in [2.24, 2.45) is 0 Å². The van der Waals surface area contributed by atoms with Crippen LogP contribution in [-0.2, 0) is 10.0 Å². The number of furan rings is 1. The normalized spacial score (nSPS) is 11.6. The molecule has 0 radical (unpaired) electrons. The van der Waals surface area contributed by atoms with E-state index < -0.39 is 26.6 Å². The van der Waals surface area contributed by atoms with Crippen LogP contribution >= 0.6 is 0 Å². The van der Waals surface area contributed by atoms with Gasteiger partial charge < -0.3 is 14.1 Å². The summed E-state index contributed by atoms with van der Waals surface area (Å²) in [6, 6.07) is 7.45. The van der Waals surface area contributed by atoms with Gasteiger partial charge in [-0.05, 0) is 31.2 Å². The monoisotopic (exact) mass is 404 g/mol. The van der Waals surface area contributed by atoms with E-state index in [0.29, 0.717) is 22.7 Å². The smallest absolute Gasteiger partial charge is 0.325 e. The van der Waals surface area contributed by atoms with E-state index in [1.165, 1.54) is 37.4 Å². The number of imidazole rings is 1. The first-order chi connectivity index (χ1) is 13.3. The van der Waals surface area contributed by atoms with Gasteiger partial charge in [0.2, 0.25) is 0 Å². The molecule has 0 amide bonds. The minimum absolute atomic E-state index is 0.146. The summed E-state index contributed by atoms with van der Waals surface area (Å²) in [5.74, 6) is 0.906. The van der Waals surface area contributed by atoms with Crippen molar-refractivity contribution in [1.29, 1.82) is 0 Å². The molecular weight excluding hydrogens is 391 g/mol. The molecule has 0 fully saturated rings. The van der Waals surface area contributed by atoms with E-state index in [4.69, 9.17) is 4.74 Å². The molecule has 0 bridgehead atoms. The molecule has 4 aromatic rings. The second-order valence-corrected chi connectivity index (χ2v) is 7.49. The van der Waals surface area contributed by atoms with E-state index in [-0.39, 0.29) is 11.4 Å². The van der Waals surface area contributed by atoms with Gasteiger partial charge in [0.1, 0.15) is 17.0 Å². The number of nitrogens with one attached hydrogen (secondary N) is 3. The largest absolute Gasteiger partial charge is 0.455 e. The van der Waals surface area contributed by atoms with Crippen LogP contribution in [0.3, 0.4) is 0 Å². The summed E-state index contributed by atoms with van der Waals surface area (Å²) in [6.45, 7) is 1.45. The molecule has 1 aromatic carbocycles. The second kappa shape index (κ2) is 6.53. The van der Waals surface area contributed by atoms with E-state index in [2.05, 4.69) is 24.1 Å². The van der Waals surface area contributed by atoms with Gasteiger partial charge in [-0.1, -0.05) is 0 Å². The predicted octanol–water partition coefficient (Wildman–Crippen LogP) is 2.88. The molecule has 0 aliphatic rings. The Balaban J connectivity index is 1.55. The summed E-state index contributed by atoms with van der Waals surface area (Å²) in [5, 5.41) is 0. The van der Waals surface area contributed by atoms with Crippen LogP contribution in [0.5, 0.6) is 11.5 Å². The number of rotatable bonds is 5. The number of anilines is 1. The maximum Gasteiger partial charge on any atom is 0.325 e. The minimum atomic E-state index is -4.13. The average molecular weight is 404 g/mol. The van der Waals surface area contributed by atoms with Crippen LogP contribution in [-0.4, -0.2) is 23.4 Å². The third-order valence-electron chi connectivity index (χ3n) is 3.79. The van der Waals surface area contributed by atoms with Gasteiger partial charge in [0.05, 0.1) is 0 Å². The third kappa shape index (κ3) is 3.34. The Hall–Kier alpha value is -3.60. The number of pyridine rings is 1. The number of sulfonamides is 1. The summed E-state index contributed by atoms with van der Waals surface area (Å²) >= 11 is 0. The fourth-order valence-electron chi connectivity index (χ4n) is 2.57. The lowest BCUT2D eigenvalue weighted by Crippen LogP contribution is -2.13. The Labute approximate surface area is 157 Å². The molecule has 0 saturated heterocycles. The number of H-pyrrole nitrogens is 2. The van der Waals surface area contributed by atoms with E-state index in [0.717, 1.165) is 6.07 Å². The highest BCUT2D eigenvalue weighted by Gasteiger charge is 2.23. The van der Waals surface area contributed by atoms with Crippen LogP contribution in [0.15, 0.2) is 56.7 Å². The molecule has 9 nitrogen and oxygen atoms in total. The van der Waals surface area contributed by atoms with Gasteiger partial charge in [-0.3, -0.25) is 9.71 Å². The maximum absolute atomic E-state index is 13.6. The Kier molecular flexibility index (Phi) is 4.15. The van der Waals surface area contributed by atoms with Gasteiger partial charge in [-0.15, -0.1) is 0 Å². The van der Waals surface area contributed by atoms with Gasteiger partial charge in [-0.2, -0.15) is 4.39 Å². The number of benzene rings is 1. The Morgan fingerprint density at radius 3 is 2.61 bits per heavy atom. The summed E-state index contributed by atoms with van der Waals surface area (Å²) in [4.78, 5) is 20.0. The molecule has 0 aliphatic heterocycles. The molecule has 3 aromatic heterocycles. The highest BCUT2D eigenvalue weighted by Crippen LogP contribution is 2.28. The average Bonchev–Trinajstić information content (AvgIpc) is 3.18. The number of ether oxygens (including phenoxy) is 1. The van der Waals surface area contributed by atoms with Crippen molar-refractivity contribution in [3.05, 3.63) is 64.9 Å². The summed E-state index contributed by atoms with van der Waals surface area (Å²) in [6.07, 6.45) is 1.48. The van der Waals surface area contributed by atoms with Crippen molar-refractivity contribution in [3.8, 4) is 11.5 Å². The Morgan fingerprint density at radius 2 is 1.93 bits per heavy atom. The van der Waals surface area contributed by atoms with Crippen molar-refractivity contribution < 1.29 is 22.0 Å². The number of nitrogens with zero attached hydrogens (tertiary/aromatic N) is 1. The van der Waals surface area contributed by atoms with Crippen LogP contribution in [0.25, 0.3) is 11.2 Å². The first-order valence-corrected chi connectivity index (χ1v) is 9.44. The standard InChI is InChI=1S/C17H13FN4O5S/c1-9-8-13(15(18)26-9)28(24,25)22-10-2-4-11(5-3-10)27-12-6-7-19-16-14(12)20-17(23)21-16/h2-8,22H,1H3,(H2,19,20,21,23). The molecule has 0 saturated carbocycles. The van der Waals surface area contributed by atoms with Crippen molar-refractivity contribution in [2.75, 3.05) is 4.72 Å². The van der Waals surface area contributed by atoms with Crippen LogP contribution in [0.2, 0.25) is 0 Å². The van der Waals surface area contributed by atoms with Gasteiger partial charge in [0.25, 0.3) is 16.0 Å². The third-order valence-corrected chi connectivity index (χ3v) is 5.15. The number of halogens is 1. The molecule has 4 rings (SSSR count). The van der Waals surface area contributed by atoms with Crippen LogP contribution in [0.4, 0.5) is 10.1 Å². The molecular formula is C17H13FN4O5S. The van der Waals surface area contributed by atoms with Crippen LogP contribution in [0, 0.1) is 12.9 Å². The van der Waals surface area contributed by atoms with E-state index in [1.807, 2.05) is 0 Å². The Morgan fingerprint density at radius 1 is 1.18 bits per heavy atom. The first kappa shape index (κ1) is 17.8. The van der Waals surface area contributed by atoms with Gasteiger partial charge in [0.15, 0.2) is 16.3 Å². The zero-order valence-corrected chi connectivity index (χ0v) is 15.1. The van der Waals surface area contributed by atoms with Crippen LogP contribution < -0.4 is 15.1 Å². The highest BCUT2D eigenvalue weighted by atomic mass is 32.2. The number of aryl methyl sites for hydroxylation is 1. The van der Waals surface area contributed by atoms with E-state index in [9.17, 15) is 17.6 Å². The summed E-state index contributed by atoms with van der Waals surface area (Å²) < 4.78 is 50.8. The van der Waals surface area contributed by atoms with Gasteiger partial charge in [0, 0.05) is 24.0 Å². The van der Waals surface area contributed by atoms with Crippen molar-refractivity contribution in [3.63, 3.8) is 0 Å². The number of fused-ring (bicyclic) bond motifs is 1. The molecule has 0 spiro atoms. The molecule has 0 unspecified atom stereocenters. The molecule has 28 heavy (non-hydrogen) atoms. The van der Waals surface area contributed by atoms with Crippen molar-refractivity contribution in [2.45, 2.75) is 11.8 Å². The number of hydrogen-bond acceptors (Lipinski definition) is 6. The summed E-state index contributed by atoms with van der Waals surface area (Å²) in [5.41, 5.74) is 0.554. The molecule has 0 atom stereocenters.